The quantitative estimate of drug-likeness (QED) is 0.0188. The van der Waals surface area contributed by atoms with Gasteiger partial charge in [0, 0.05) is 126 Å². The van der Waals surface area contributed by atoms with Crippen molar-refractivity contribution in [3.63, 3.8) is 0 Å². The van der Waals surface area contributed by atoms with E-state index in [2.05, 4.69) is 73.4 Å². The molecule has 1 fully saturated rings. The van der Waals surface area contributed by atoms with E-state index in [1.807, 2.05) is 30.7 Å². The van der Waals surface area contributed by atoms with Gasteiger partial charge in [-0.3, -0.25) is 96.2 Å². The summed E-state index contributed by atoms with van der Waals surface area (Å²) in [5, 5.41) is 90.8. The minimum absolute atomic E-state index is 0. The van der Waals surface area contributed by atoms with E-state index in [4.69, 9.17) is 16.6 Å². The molecule has 15 amide bonds. The Balaban J connectivity index is 0.0000429. The molecule has 1 aliphatic heterocycles. The Kier molecular flexibility index (Phi) is 50.3. The minimum Gasteiger partial charge on any atom is -0.481 e. The average molecular weight is 1890 g/mol. The molecule has 0 aliphatic carbocycles. The number of carbonyl (C=O) groups is 20. The Labute approximate surface area is 758 Å². The average Bonchev–Trinajstić information content (AvgIpc) is 1.69. The van der Waals surface area contributed by atoms with E-state index in [-0.39, 0.29) is 172 Å². The van der Waals surface area contributed by atoms with Crippen LogP contribution in [0.25, 0.3) is 10.9 Å². The molecule has 719 valence electrons. The number of para-hydroxylation sites is 1. The van der Waals surface area contributed by atoms with Crippen LogP contribution in [0, 0.1) is 11.8 Å². The molecule has 129 heavy (non-hydrogen) atoms. The van der Waals surface area contributed by atoms with Gasteiger partial charge in [0.15, 0.2) is 0 Å². The molecule has 2 aromatic heterocycles. The van der Waals surface area contributed by atoms with Crippen LogP contribution in [0.4, 0.5) is 4.79 Å². The third-order valence-electron chi connectivity index (χ3n) is 20.5. The smallest absolute Gasteiger partial charge is 0.481 e. The normalized spacial score (nSPS) is 15.1. The molecule has 1 radical (unpaired) electrons. The zero-order chi connectivity index (χ0) is 95.3. The number of nitrogens with one attached hydrogen (secondary N) is 15. The van der Waals surface area contributed by atoms with Crippen LogP contribution in [0.15, 0.2) is 43.0 Å². The number of hydrogen-bond acceptors (Lipinski definition) is 25. The number of fused-ring (bicyclic) bond motifs is 1. The number of aromatic amines is 2. The first-order chi connectivity index (χ1) is 60.5. The van der Waals surface area contributed by atoms with Gasteiger partial charge in [-0.1, -0.05) is 45.9 Å². The van der Waals surface area contributed by atoms with E-state index in [1.54, 1.807) is 59.0 Å². The van der Waals surface area contributed by atoms with Crippen molar-refractivity contribution in [3.05, 3.63) is 54.2 Å². The molecule has 0 saturated carbocycles. The number of amides is 15. The largest absolute Gasteiger partial charge is 2.00 e. The number of H-pyrrole nitrogens is 2. The van der Waals surface area contributed by atoms with E-state index in [1.165, 1.54) is 31.2 Å². The number of aliphatic carboxylic acids is 6. The van der Waals surface area contributed by atoms with Crippen molar-refractivity contribution < 1.29 is 144 Å². The number of rotatable bonds is 60. The van der Waals surface area contributed by atoms with Gasteiger partial charge in [-0.2, -0.15) is 11.8 Å². The third kappa shape index (κ3) is 43.1. The van der Waals surface area contributed by atoms with Crippen LogP contribution in [0.2, 0.25) is 0 Å². The fraction of sp³-hybridized carbons (Fsp3) is 0.613. The molecule has 25 N–H and O–H groups in total. The van der Waals surface area contributed by atoms with Gasteiger partial charge in [-0.25, -0.2) is 19.4 Å². The minimum atomic E-state index is -1.82. The number of thioether (sulfide) groups is 1. The number of carbonyl (C=O) groups excluding carboxylic acids is 14. The van der Waals surface area contributed by atoms with Crippen molar-refractivity contribution in [2.24, 2.45) is 23.3 Å². The number of nitrogens with two attached hydrogens (primary N) is 2. The van der Waals surface area contributed by atoms with Crippen molar-refractivity contribution in [2.45, 2.75) is 217 Å². The molecule has 1 saturated heterocycles. The van der Waals surface area contributed by atoms with Crippen molar-refractivity contribution in [3.8, 4) is 0 Å². The maximum absolute atomic E-state index is 14.5. The predicted molar refractivity (Wildman–Crippen MR) is 458 cm³/mol. The van der Waals surface area contributed by atoms with Gasteiger partial charge >= 0.3 is 58.9 Å². The van der Waals surface area contributed by atoms with Crippen LogP contribution in [0.3, 0.4) is 0 Å². The van der Waals surface area contributed by atoms with Crippen LogP contribution < -0.4 is 80.6 Å². The molecular weight excluding hydrogens is 1770 g/mol. The molecule has 0 spiro atoms. The van der Waals surface area contributed by atoms with Crippen LogP contribution >= 0.6 is 11.8 Å². The first-order valence-corrected chi connectivity index (χ1v) is 43.3. The predicted octanol–water partition coefficient (Wildman–Crippen LogP) is -4.36. The van der Waals surface area contributed by atoms with Gasteiger partial charge in [0.1, 0.15) is 66.5 Å². The van der Waals surface area contributed by atoms with E-state index >= 15 is 0 Å². The summed E-state index contributed by atoms with van der Waals surface area (Å²) in [6, 6.07) is -9.84. The summed E-state index contributed by atoms with van der Waals surface area (Å²) in [5.74, 6) is -19.1. The number of carboxylic acid groups (broad SMARTS) is 6. The number of primary amides is 2. The molecule has 4 unspecified atom stereocenters. The molecular formula is C80H123CuN21O26S+2. The molecule has 3 aromatic rings. The van der Waals surface area contributed by atoms with Crippen molar-refractivity contribution in [1.82, 2.24) is 98.8 Å². The van der Waals surface area contributed by atoms with Gasteiger partial charge in [0.25, 0.3) is 0 Å². The summed E-state index contributed by atoms with van der Waals surface area (Å²) in [7, 11) is 0. The van der Waals surface area contributed by atoms with Gasteiger partial charge < -0.3 is 121 Å². The number of nitrogens with zero attached hydrogens (tertiary/aromatic N) is 4. The van der Waals surface area contributed by atoms with Crippen LogP contribution in [-0.4, -0.2) is 329 Å². The SMILES string of the molecule is CSCC[C@H](NC(=O)[C@H](CC(C)C)NC(=O)[C@H](Cc1cnc[nH]1)NC(=O)CNC(=O)[C@@H](NC(=O)[C@H](C)NC(=O)[C@H](Cc1c[nH]c2ccccc12)NC(=O)[C@H](CCC(N)=O)NC(=O)CCCCNC(=O)C(CCCCNC(=O)CCC(C(=O)O)N1CCN(CC(=O)O)CCN(CC(=O)O)CC1)NC(=O)CCC(NC(=O)NC(CCC(=O)O)C(=O)O)C(=O)O)C(C)C)C(N)=O.[64Cu+2]. The van der Waals surface area contributed by atoms with Gasteiger partial charge in [0.2, 0.25) is 76.8 Å². The summed E-state index contributed by atoms with van der Waals surface area (Å²) >= 11 is 1.43. The molecule has 47 nitrogen and oxygen atoms in total. The Morgan fingerprint density at radius 3 is 1.56 bits per heavy atom. The third-order valence-corrected chi connectivity index (χ3v) is 21.1. The second-order valence-electron chi connectivity index (χ2n) is 31.6. The number of hydrogen-bond donors (Lipinski definition) is 23. The topological polar surface area (TPSA) is 725 Å². The van der Waals surface area contributed by atoms with Gasteiger partial charge in [0.05, 0.1) is 26.0 Å². The second kappa shape index (κ2) is 58.4. The Morgan fingerprint density at radius 2 is 0.992 bits per heavy atom. The van der Waals surface area contributed by atoms with E-state index in [0.29, 0.717) is 27.9 Å². The Bertz CT molecular complexity index is 4270. The standard InChI is InChI=1S/C80H123N21O26S.Cu/c1-44(2)35-56(74(118)93-51(69(82)113)25-34-128-6)94-75(119)58(37-48-39-83-43-88-48)92-64(106)40-87-76(120)68(45(3)4)98-70(114)46(5)89-73(117)57(36-47-38-86-50-14-8-7-13-49(47)50)95-72(116)53(17-21-60(81)102)91-62(104)16-10-12-27-85-71(115)52(90-63(105)22-18-54(77(121)122)96-80(127)97-55(78(123)124)19-24-65(107)108)15-9-11-26-84-61(103)23-20-59(79(125)126)101-32-30-99(41-66(109)110)28-29-100(31-33-101)42-67(111)112;/h7-8,13-14,38-39,43-46,51-59,68,86H,9-12,15-37,40-42H2,1-6H3,(H2,81,102)(H2,82,113)(H,83,88)(H,84,103)(H,85,115)(H,87,120)(H,89,117)(H,90,105)(H,91,104)(H,92,106)(H,93,118)(H,94,119)(H,95,116)(H,98,114)(H,107,108)(H,109,110)(H,111,112)(H,121,122)(H,123,124)(H,125,126)(H2,96,97,127);/q;+2/t46-,51-,52?,53-,54?,55?,56-,57-,58-,59?,68-;/m0./s1/i;1+0. The van der Waals surface area contributed by atoms with Crippen molar-refractivity contribution >= 4 is 141 Å². The fourth-order valence-corrected chi connectivity index (χ4v) is 14.0. The Hall–Kier alpha value is -12.1. The molecule has 49 heteroatoms. The fourth-order valence-electron chi connectivity index (χ4n) is 13.5. The number of urea groups is 1. The second-order valence-corrected chi connectivity index (χ2v) is 32.6. The van der Waals surface area contributed by atoms with Crippen molar-refractivity contribution in [2.75, 3.05) is 84.0 Å². The zero-order valence-electron chi connectivity index (χ0n) is 72.8. The summed E-state index contributed by atoms with van der Waals surface area (Å²) in [4.78, 5) is 275. The molecule has 4 rings (SSSR count). The molecule has 11 atom stereocenters. The molecule has 1 aliphatic rings. The van der Waals surface area contributed by atoms with E-state index in [0.717, 1.165) is 0 Å². The number of unbranched alkanes of at least 4 members (excludes halogenated alkanes) is 2. The summed E-state index contributed by atoms with van der Waals surface area (Å²) < 4.78 is 0. The first-order valence-electron chi connectivity index (χ1n) is 41.9. The maximum atomic E-state index is 14.5. The number of carboxylic acids is 6. The summed E-state index contributed by atoms with van der Waals surface area (Å²) in [6.45, 7) is 7.28. The van der Waals surface area contributed by atoms with E-state index in [9.17, 15) is 121 Å². The monoisotopic (exact) mass is 1890 g/mol. The zero-order valence-corrected chi connectivity index (χ0v) is 74.5. The molecule has 3 heterocycles. The number of imidazole rings is 1. The van der Waals surface area contributed by atoms with Gasteiger partial charge in [-0.15, -0.1) is 0 Å². The maximum Gasteiger partial charge on any atom is 2.00 e. The van der Waals surface area contributed by atoms with Crippen LogP contribution in [0.1, 0.15) is 149 Å². The molecule has 0 bridgehead atoms. The first kappa shape index (κ1) is 111. The number of aromatic nitrogens is 3. The summed E-state index contributed by atoms with van der Waals surface area (Å²) in [6.07, 6.45) is 2.33. The van der Waals surface area contributed by atoms with Crippen LogP contribution in [0.5, 0.6) is 0 Å². The number of benzene rings is 1. The molecule has 1 aromatic carbocycles. The van der Waals surface area contributed by atoms with Gasteiger partial charge in [-0.05, 0) is 113 Å². The Morgan fingerprint density at radius 1 is 0.465 bits per heavy atom. The van der Waals surface area contributed by atoms with E-state index < -0.39 is 230 Å². The van der Waals surface area contributed by atoms with Crippen LogP contribution in [-0.2, 0) is 121 Å². The summed E-state index contributed by atoms with van der Waals surface area (Å²) in [5.41, 5.74) is 12.7. The van der Waals surface area contributed by atoms with Crippen molar-refractivity contribution in [1.29, 1.82) is 0 Å².